The maximum Gasteiger partial charge on any atom is 0.323 e. The van der Waals surface area contributed by atoms with Crippen molar-refractivity contribution in [3.63, 3.8) is 0 Å². The second kappa shape index (κ2) is 10.2. The lowest BCUT2D eigenvalue weighted by atomic mass is 9.87. The molecule has 0 amide bonds. The molecule has 1 saturated carbocycles. The molecule has 5 heteroatoms. The highest BCUT2D eigenvalue weighted by atomic mass is 16.5. The molecule has 1 fully saturated rings. The summed E-state index contributed by atoms with van der Waals surface area (Å²) < 4.78 is 17.2. The zero-order valence-corrected chi connectivity index (χ0v) is 19.6. The lowest BCUT2D eigenvalue weighted by Crippen LogP contribution is -2.42. The molecule has 33 heavy (non-hydrogen) atoms. The second-order valence-electron chi connectivity index (χ2n) is 9.81. The van der Waals surface area contributed by atoms with Gasteiger partial charge in [0.1, 0.15) is 17.5 Å². The third-order valence-corrected chi connectivity index (χ3v) is 7.58. The van der Waals surface area contributed by atoms with E-state index in [2.05, 4.69) is 41.7 Å². The summed E-state index contributed by atoms with van der Waals surface area (Å²) in [4.78, 5) is 11.9. The van der Waals surface area contributed by atoms with Crippen LogP contribution in [0.15, 0.2) is 36.4 Å². The fourth-order valence-corrected chi connectivity index (χ4v) is 5.57. The van der Waals surface area contributed by atoms with Crippen LogP contribution in [0.25, 0.3) is 0 Å². The summed E-state index contributed by atoms with van der Waals surface area (Å²) in [7, 11) is 1.44. The Hall–Kier alpha value is -2.53. The zero-order valence-electron chi connectivity index (χ0n) is 19.6. The summed E-state index contributed by atoms with van der Waals surface area (Å²) in [5.74, 6) is 2.89. The molecule has 1 aliphatic carbocycles. The first-order chi connectivity index (χ1) is 16.2. The number of fused-ring (bicyclic) bond motifs is 2. The second-order valence-corrected chi connectivity index (χ2v) is 9.81. The van der Waals surface area contributed by atoms with E-state index in [1.807, 2.05) is 0 Å². The normalized spacial score (nSPS) is 22.9. The molecule has 2 aromatic carbocycles. The van der Waals surface area contributed by atoms with Crippen molar-refractivity contribution in [2.45, 2.75) is 69.9 Å². The SMILES string of the molecule is COC(=O)[C@@H]1Cc2cc3c(cc2CN1)CC(c1ccc(OCC2CCCCC2)cc1)CCO3. The third-order valence-electron chi connectivity index (χ3n) is 7.58. The number of hydrogen-bond donors (Lipinski definition) is 1. The molecule has 1 N–H and O–H groups in total. The first-order valence-electron chi connectivity index (χ1n) is 12.5. The Balaban J connectivity index is 1.25. The molecule has 3 aliphatic rings. The van der Waals surface area contributed by atoms with Crippen molar-refractivity contribution in [3.05, 3.63) is 58.7 Å². The average molecular weight is 450 g/mol. The Labute approximate surface area is 196 Å². The number of methoxy groups -OCH3 is 1. The maximum atomic E-state index is 11.9. The van der Waals surface area contributed by atoms with E-state index in [1.165, 1.54) is 61.5 Å². The molecule has 0 radical (unpaired) electrons. The van der Waals surface area contributed by atoms with Crippen LogP contribution in [0, 0.1) is 5.92 Å². The van der Waals surface area contributed by atoms with Gasteiger partial charge < -0.3 is 19.5 Å². The fourth-order valence-electron chi connectivity index (χ4n) is 5.57. The third kappa shape index (κ3) is 5.19. The van der Waals surface area contributed by atoms with Crippen molar-refractivity contribution in [1.82, 2.24) is 5.32 Å². The topological polar surface area (TPSA) is 56.8 Å². The number of carbonyl (C=O) groups is 1. The van der Waals surface area contributed by atoms with Gasteiger partial charge in [-0.2, -0.15) is 0 Å². The Morgan fingerprint density at radius 1 is 1.00 bits per heavy atom. The van der Waals surface area contributed by atoms with Crippen molar-refractivity contribution in [1.29, 1.82) is 0 Å². The molecule has 5 rings (SSSR count). The van der Waals surface area contributed by atoms with Crippen LogP contribution in [-0.2, 0) is 28.9 Å². The first-order valence-corrected chi connectivity index (χ1v) is 12.5. The van der Waals surface area contributed by atoms with Crippen LogP contribution >= 0.6 is 0 Å². The van der Waals surface area contributed by atoms with E-state index in [4.69, 9.17) is 14.2 Å². The minimum Gasteiger partial charge on any atom is -0.493 e. The Kier molecular flexibility index (Phi) is 6.86. The van der Waals surface area contributed by atoms with Crippen LogP contribution in [0.5, 0.6) is 11.5 Å². The lowest BCUT2D eigenvalue weighted by Gasteiger charge is -2.25. The fraction of sp³-hybridized carbons (Fsp3) is 0.536. The van der Waals surface area contributed by atoms with Gasteiger partial charge in [-0.15, -0.1) is 0 Å². The van der Waals surface area contributed by atoms with Gasteiger partial charge in [0.25, 0.3) is 0 Å². The van der Waals surface area contributed by atoms with E-state index < -0.39 is 0 Å². The largest absolute Gasteiger partial charge is 0.493 e. The van der Waals surface area contributed by atoms with Crippen molar-refractivity contribution < 1.29 is 19.0 Å². The number of carbonyl (C=O) groups excluding carboxylic acids is 1. The number of rotatable bonds is 5. The van der Waals surface area contributed by atoms with Crippen molar-refractivity contribution in [2.24, 2.45) is 5.92 Å². The zero-order chi connectivity index (χ0) is 22.6. The van der Waals surface area contributed by atoms with Crippen molar-refractivity contribution >= 4 is 5.97 Å². The highest BCUT2D eigenvalue weighted by Gasteiger charge is 2.28. The van der Waals surface area contributed by atoms with Crippen LogP contribution in [0.4, 0.5) is 0 Å². The standard InChI is InChI=1S/C28H35NO4/c1-31-28(30)26-15-22-16-27-23(14-24(22)17-29-26)13-21(11-12-32-27)20-7-9-25(10-8-20)33-18-19-5-3-2-4-6-19/h7-10,14,16,19,21,26,29H,2-6,11-13,15,17-18H2,1H3/t21?,26-/m0/s1. The molecular formula is C28H35NO4. The van der Waals surface area contributed by atoms with E-state index in [1.54, 1.807) is 0 Å². The van der Waals surface area contributed by atoms with E-state index in [-0.39, 0.29) is 12.0 Å². The molecule has 0 saturated heterocycles. The van der Waals surface area contributed by atoms with Gasteiger partial charge in [-0.1, -0.05) is 37.5 Å². The molecule has 2 aliphatic heterocycles. The number of ether oxygens (including phenoxy) is 3. The number of hydrogen-bond acceptors (Lipinski definition) is 5. The molecular weight excluding hydrogens is 414 g/mol. The highest BCUT2D eigenvalue weighted by molar-refractivity contribution is 5.76. The summed E-state index contributed by atoms with van der Waals surface area (Å²) in [5.41, 5.74) is 5.04. The van der Waals surface area contributed by atoms with Gasteiger partial charge in [0, 0.05) is 6.54 Å². The predicted molar refractivity (Wildman–Crippen MR) is 128 cm³/mol. The minimum atomic E-state index is -0.280. The number of nitrogens with one attached hydrogen (secondary N) is 1. The average Bonchev–Trinajstić information content (AvgIpc) is 3.08. The van der Waals surface area contributed by atoms with Gasteiger partial charge in [0.2, 0.25) is 0 Å². The van der Waals surface area contributed by atoms with Crippen LogP contribution in [0.2, 0.25) is 0 Å². The van der Waals surface area contributed by atoms with E-state index in [0.29, 0.717) is 25.5 Å². The van der Waals surface area contributed by atoms with Crippen LogP contribution in [0.1, 0.15) is 66.7 Å². The van der Waals surface area contributed by atoms with Gasteiger partial charge in [-0.25, -0.2) is 0 Å². The Morgan fingerprint density at radius 2 is 1.82 bits per heavy atom. The Morgan fingerprint density at radius 3 is 2.61 bits per heavy atom. The first kappa shape index (κ1) is 22.3. The van der Waals surface area contributed by atoms with Crippen molar-refractivity contribution in [3.8, 4) is 11.5 Å². The number of benzene rings is 2. The molecule has 0 spiro atoms. The molecule has 0 bridgehead atoms. The smallest absolute Gasteiger partial charge is 0.323 e. The van der Waals surface area contributed by atoms with Gasteiger partial charge in [0.15, 0.2) is 0 Å². The van der Waals surface area contributed by atoms with Gasteiger partial charge in [-0.3, -0.25) is 4.79 Å². The molecule has 2 heterocycles. The molecule has 1 unspecified atom stereocenters. The van der Waals surface area contributed by atoms with E-state index >= 15 is 0 Å². The van der Waals surface area contributed by atoms with Crippen LogP contribution in [0.3, 0.4) is 0 Å². The van der Waals surface area contributed by atoms with Gasteiger partial charge >= 0.3 is 5.97 Å². The molecule has 176 valence electrons. The van der Waals surface area contributed by atoms with Crippen LogP contribution in [-0.4, -0.2) is 32.3 Å². The predicted octanol–water partition coefficient (Wildman–Crippen LogP) is 4.94. The van der Waals surface area contributed by atoms with Gasteiger partial charge in [0.05, 0.1) is 20.3 Å². The lowest BCUT2D eigenvalue weighted by molar-refractivity contribution is -0.143. The van der Waals surface area contributed by atoms with Gasteiger partial charge in [-0.05, 0) is 84.4 Å². The summed E-state index contributed by atoms with van der Waals surface area (Å²) in [6.45, 7) is 2.23. The summed E-state index contributed by atoms with van der Waals surface area (Å²) in [6, 6.07) is 12.9. The highest BCUT2D eigenvalue weighted by Crippen LogP contribution is 2.36. The summed E-state index contributed by atoms with van der Waals surface area (Å²) >= 11 is 0. The quantitative estimate of drug-likeness (QED) is 0.655. The van der Waals surface area contributed by atoms with Crippen molar-refractivity contribution in [2.75, 3.05) is 20.3 Å². The van der Waals surface area contributed by atoms with Crippen LogP contribution < -0.4 is 14.8 Å². The summed E-state index contributed by atoms with van der Waals surface area (Å²) in [6.07, 6.45) is 9.30. The molecule has 2 aromatic rings. The summed E-state index contributed by atoms with van der Waals surface area (Å²) in [5, 5.41) is 3.30. The molecule has 5 nitrogen and oxygen atoms in total. The maximum absolute atomic E-state index is 11.9. The van der Waals surface area contributed by atoms with E-state index in [9.17, 15) is 4.79 Å². The monoisotopic (exact) mass is 449 g/mol. The van der Waals surface area contributed by atoms with E-state index in [0.717, 1.165) is 36.9 Å². The minimum absolute atomic E-state index is 0.206. The Bertz CT molecular complexity index is 965. The molecule has 0 aromatic heterocycles. The molecule has 2 atom stereocenters. The number of esters is 1.